The monoisotopic (exact) mass is 234 g/mol. The van der Waals surface area contributed by atoms with Crippen molar-refractivity contribution in [2.24, 2.45) is 0 Å². The van der Waals surface area contributed by atoms with Gasteiger partial charge in [-0.2, -0.15) is 0 Å². The summed E-state index contributed by atoms with van der Waals surface area (Å²) < 4.78 is 0. The second-order valence-corrected chi connectivity index (χ2v) is 4.65. The molecule has 0 aromatic heterocycles. The Morgan fingerprint density at radius 1 is 1.24 bits per heavy atom. The lowest BCUT2D eigenvalue weighted by Crippen LogP contribution is -2.56. The first-order valence-corrected chi connectivity index (χ1v) is 6.45. The van der Waals surface area contributed by atoms with Crippen LogP contribution >= 0.6 is 0 Å². The van der Waals surface area contributed by atoms with E-state index >= 15 is 0 Å². The summed E-state index contributed by atoms with van der Waals surface area (Å²) in [6.07, 6.45) is 0.938. The van der Waals surface area contributed by atoms with Gasteiger partial charge in [0, 0.05) is 26.2 Å². The minimum absolute atomic E-state index is 0.188. The molecule has 0 radical (unpaired) electrons. The lowest BCUT2D eigenvalue weighted by Gasteiger charge is -2.45. The van der Waals surface area contributed by atoms with Gasteiger partial charge in [0.1, 0.15) is 0 Å². The topological polar surface area (TPSA) is 35.5 Å². The second kappa shape index (κ2) is 5.63. The van der Waals surface area contributed by atoms with Gasteiger partial charge < -0.3 is 10.4 Å². The van der Waals surface area contributed by atoms with Crippen LogP contribution in [0.5, 0.6) is 0 Å². The molecule has 1 saturated heterocycles. The van der Waals surface area contributed by atoms with Crippen molar-refractivity contribution in [3.63, 3.8) is 0 Å². The van der Waals surface area contributed by atoms with Crippen molar-refractivity contribution in [3.05, 3.63) is 35.9 Å². The van der Waals surface area contributed by atoms with E-state index in [9.17, 15) is 5.11 Å². The number of hydrogen-bond acceptors (Lipinski definition) is 3. The van der Waals surface area contributed by atoms with E-state index in [1.807, 2.05) is 6.07 Å². The van der Waals surface area contributed by atoms with Gasteiger partial charge >= 0.3 is 0 Å². The molecule has 1 fully saturated rings. The normalized spacial score (nSPS) is 21.1. The molecule has 1 aliphatic heterocycles. The van der Waals surface area contributed by atoms with Crippen LogP contribution in [-0.2, 0) is 5.54 Å². The van der Waals surface area contributed by atoms with Crippen molar-refractivity contribution in [2.75, 3.05) is 32.8 Å². The molecule has 3 heteroatoms. The molecule has 2 N–H and O–H groups in total. The highest BCUT2D eigenvalue weighted by molar-refractivity contribution is 5.25. The van der Waals surface area contributed by atoms with Gasteiger partial charge in [-0.3, -0.25) is 4.90 Å². The molecule has 0 bridgehead atoms. The summed E-state index contributed by atoms with van der Waals surface area (Å²) in [5, 5.41) is 13.3. The SMILES string of the molecule is CCC(CO)(c1ccccc1)N1CCNCC1. The molecule has 0 amide bonds. The maximum atomic E-state index is 9.92. The van der Waals surface area contributed by atoms with Gasteiger partial charge in [0.15, 0.2) is 0 Å². The Morgan fingerprint density at radius 2 is 1.88 bits per heavy atom. The zero-order valence-electron chi connectivity index (χ0n) is 10.5. The average molecular weight is 234 g/mol. The van der Waals surface area contributed by atoms with Crippen LogP contribution in [0, 0.1) is 0 Å². The molecule has 1 aliphatic rings. The van der Waals surface area contributed by atoms with Crippen molar-refractivity contribution >= 4 is 0 Å². The Labute approximate surface area is 103 Å². The molecular weight excluding hydrogens is 212 g/mol. The smallest absolute Gasteiger partial charge is 0.0692 e. The summed E-state index contributed by atoms with van der Waals surface area (Å²) in [6, 6.07) is 10.4. The van der Waals surface area contributed by atoms with E-state index in [0.29, 0.717) is 0 Å². The fraction of sp³-hybridized carbons (Fsp3) is 0.571. The molecule has 17 heavy (non-hydrogen) atoms. The standard InChI is InChI=1S/C14H22N2O/c1-2-14(12-17,13-6-4-3-5-7-13)16-10-8-15-9-11-16/h3-7,15,17H,2,8-12H2,1H3. The van der Waals surface area contributed by atoms with Crippen LogP contribution in [0.25, 0.3) is 0 Å². The summed E-state index contributed by atoms with van der Waals surface area (Å²) in [4.78, 5) is 2.42. The molecule has 0 aliphatic carbocycles. The van der Waals surface area contributed by atoms with E-state index in [2.05, 4.69) is 41.4 Å². The third-order valence-electron chi connectivity index (χ3n) is 3.88. The highest BCUT2D eigenvalue weighted by atomic mass is 16.3. The quantitative estimate of drug-likeness (QED) is 0.821. The van der Waals surface area contributed by atoms with Crippen molar-refractivity contribution in [1.82, 2.24) is 10.2 Å². The van der Waals surface area contributed by atoms with Gasteiger partial charge in [-0.25, -0.2) is 0 Å². The Kier molecular flexibility index (Phi) is 4.15. The van der Waals surface area contributed by atoms with E-state index in [4.69, 9.17) is 0 Å². The van der Waals surface area contributed by atoms with Gasteiger partial charge in [-0.05, 0) is 12.0 Å². The highest BCUT2D eigenvalue weighted by Crippen LogP contribution is 2.31. The lowest BCUT2D eigenvalue weighted by atomic mass is 9.85. The number of aliphatic hydroxyl groups excluding tert-OH is 1. The Balaban J connectivity index is 2.30. The predicted octanol–water partition coefficient (Wildman–Crippen LogP) is 1.19. The fourth-order valence-electron chi connectivity index (χ4n) is 2.75. The van der Waals surface area contributed by atoms with Crippen molar-refractivity contribution < 1.29 is 5.11 Å². The average Bonchev–Trinajstić information content (AvgIpc) is 2.43. The number of rotatable bonds is 4. The summed E-state index contributed by atoms with van der Waals surface area (Å²) in [6.45, 7) is 6.37. The molecule has 0 saturated carbocycles. The molecular formula is C14H22N2O. The molecule has 1 aromatic rings. The van der Waals surface area contributed by atoms with Crippen molar-refractivity contribution in [3.8, 4) is 0 Å². The van der Waals surface area contributed by atoms with Gasteiger partial charge in [-0.1, -0.05) is 37.3 Å². The Hall–Kier alpha value is -0.900. The van der Waals surface area contributed by atoms with E-state index < -0.39 is 0 Å². The molecule has 3 nitrogen and oxygen atoms in total. The molecule has 1 heterocycles. The Bertz CT molecular complexity index is 329. The van der Waals surface area contributed by atoms with Gasteiger partial charge in [-0.15, -0.1) is 0 Å². The van der Waals surface area contributed by atoms with Crippen LogP contribution in [0.4, 0.5) is 0 Å². The van der Waals surface area contributed by atoms with E-state index in [-0.39, 0.29) is 12.1 Å². The molecule has 94 valence electrons. The Morgan fingerprint density at radius 3 is 2.41 bits per heavy atom. The van der Waals surface area contributed by atoms with Crippen LogP contribution in [0.15, 0.2) is 30.3 Å². The summed E-state index contributed by atoms with van der Waals surface area (Å²) in [5.41, 5.74) is 1.02. The number of nitrogens with one attached hydrogen (secondary N) is 1. The van der Waals surface area contributed by atoms with E-state index in [1.165, 1.54) is 5.56 Å². The van der Waals surface area contributed by atoms with E-state index in [0.717, 1.165) is 32.6 Å². The van der Waals surface area contributed by atoms with Gasteiger partial charge in [0.25, 0.3) is 0 Å². The number of hydrogen-bond donors (Lipinski definition) is 2. The summed E-state index contributed by atoms with van der Waals surface area (Å²) in [5.74, 6) is 0. The largest absolute Gasteiger partial charge is 0.394 e. The van der Waals surface area contributed by atoms with Crippen LogP contribution < -0.4 is 5.32 Å². The molecule has 2 rings (SSSR count). The molecule has 1 atom stereocenters. The van der Waals surface area contributed by atoms with Crippen molar-refractivity contribution in [1.29, 1.82) is 0 Å². The first-order valence-electron chi connectivity index (χ1n) is 6.45. The highest BCUT2D eigenvalue weighted by Gasteiger charge is 2.36. The third kappa shape index (κ3) is 2.37. The van der Waals surface area contributed by atoms with Crippen LogP contribution in [0.2, 0.25) is 0 Å². The number of benzene rings is 1. The molecule has 0 spiro atoms. The third-order valence-corrected chi connectivity index (χ3v) is 3.88. The first kappa shape index (κ1) is 12.6. The fourth-order valence-corrected chi connectivity index (χ4v) is 2.75. The molecule has 1 unspecified atom stereocenters. The number of aliphatic hydroxyl groups is 1. The second-order valence-electron chi connectivity index (χ2n) is 4.65. The number of piperazine rings is 1. The molecule has 1 aromatic carbocycles. The minimum atomic E-state index is -0.205. The number of nitrogens with zero attached hydrogens (tertiary/aromatic N) is 1. The maximum Gasteiger partial charge on any atom is 0.0692 e. The van der Waals surface area contributed by atoms with Gasteiger partial charge in [0.2, 0.25) is 0 Å². The summed E-state index contributed by atoms with van der Waals surface area (Å²) in [7, 11) is 0. The zero-order chi connectivity index (χ0) is 12.1. The van der Waals surface area contributed by atoms with Gasteiger partial charge in [0.05, 0.1) is 12.1 Å². The van der Waals surface area contributed by atoms with E-state index in [1.54, 1.807) is 0 Å². The van der Waals surface area contributed by atoms with Crippen LogP contribution in [0.3, 0.4) is 0 Å². The van der Waals surface area contributed by atoms with Crippen LogP contribution in [-0.4, -0.2) is 42.8 Å². The van der Waals surface area contributed by atoms with Crippen molar-refractivity contribution in [2.45, 2.75) is 18.9 Å². The summed E-state index contributed by atoms with van der Waals surface area (Å²) >= 11 is 0. The predicted molar refractivity (Wildman–Crippen MR) is 69.9 cm³/mol. The van der Waals surface area contributed by atoms with Crippen LogP contribution in [0.1, 0.15) is 18.9 Å². The first-order chi connectivity index (χ1) is 8.33. The maximum absolute atomic E-state index is 9.92. The minimum Gasteiger partial charge on any atom is -0.394 e. The lowest BCUT2D eigenvalue weighted by molar-refractivity contribution is 0.0138. The zero-order valence-corrected chi connectivity index (χ0v) is 10.5.